The van der Waals surface area contributed by atoms with Crippen LogP contribution in [0.3, 0.4) is 0 Å². The second kappa shape index (κ2) is 9.61. The molecule has 1 amide bonds. The Labute approximate surface area is 191 Å². The third-order valence-corrected chi connectivity index (χ3v) is 5.24. The van der Waals surface area contributed by atoms with Gasteiger partial charge in [-0.05, 0) is 55.3 Å². The molecular weight excluding hydrogens is 421 g/mol. The zero-order valence-corrected chi connectivity index (χ0v) is 18.6. The van der Waals surface area contributed by atoms with Gasteiger partial charge in [-0.15, -0.1) is 0 Å². The van der Waals surface area contributed by atoms with Crippen molar-refractivity contribution in [2.45, 2.75) is 13.8 Å². The molecule has 168 valence electrons. The summed E-state index contributed by atoms with van der Waals surface area (Å²) in [4.78, 5) is 12.7. The lowest BCUT2D eigenvalue weighted by Gasteiger charge is -2.12. The molecular formula is C27H24FNO4. The molecule has 5 nitrogen and oxygen atoms in total. The van der Waals surface area contributed by atoms with E-state index in [1.165, 1.54) is 18.2 Å². The molecule has 0 saturated heterocycles. The van der Waals surface area contributed by atoms with E-state index in [1.54, 1.807) is 37.6 Å². The summed E-state index contributed by atoms with van der Waals surface area (Å²) in [6, 6.07) is 17.2. The Balaban J connectivity index is 1.70. The number of hydrogen-bond acceptors (Lipinski definition) is 4. The van der Waals surface area contributed by atoms with Crippen LogP contribution in [0.25, 0.3) is 27.7 Å². The van der Waals surface area contributed by atoms with Crippen LogP contribution >= 0.6 is 0 Å². The molecule has 0 atom stereocenters. The van der Waals surface area contributed by atoms with E-state index in [-0.39, 0.29) is 11.7 Å². The smallest absolute Gasteiger partial charge is 0.248 e. The molecule has 1 N–H and O–H groups in total. The van der Waals surface area contributed by atoms with E-state index < -0.39 is 0 Å². The third-order valence-electron chi connectivity index (χ3n) is 5.24. The molecule has 1 heterocycles. The monoisotopic (exact) mass is 445 g/mol. The summed E-state index contributed by atoms with van der Waals surface area (Å²) in [5.41, 5.74) is 4.46. The molecule has 0 aliphatic heterocycles. The highest BCUT2D eigenvalue weighted by molar-refractivity contribution is 6.05. The Morgan fingerprint density at radius 1 is 1.12 bits per heavy atom. The van der Waals surface area contributed by atoms with Crippen molar-refractivity contribution >= 4 is 28.1 Å². The van der Waals surface area contributed by atoms with Gasteiger partial charge in [0.15, 0.2) is 0 Å². The van der Waals surface area contributed by atoms with Gasteiger partial charge in [-0.25, -0.2) is 4.39 Å². The minimum absolute atomic E-state index is 0.269. The molecule has 0 spiro atoms. The van der Waals surface area contributed by atoms with Crippen LogP contribution < -0.4 is 14.8 Å². The first-order valence-electron chi connectivity index (χ1n) is 10.6. The fraction of sp³-hybridized carbons (Fsp3) is 0.148. The predicted molar refractivity (Wildman–Crippen MR) is 128 cm³/mol. The average molecular weight is 445 g/mol. The van der Waals surface area contributed by atoms with E-state index >= 15 is 0 Å². The van der Waals surface area contributed by atoms with Crippen LogP contribution in [0.15, 0.2) is 77.4 Å². The minimum atomic E-state index is -0.299. The van der Waals surface area contributed by atoms with Gasteiger partial charge in [0, 0.05) is 40.4 Å². The number of nitrogens with one attached hydrogen (secondary N) is 1. The molecule has 0 aliphatic rings. The predicted octanol–water partition coefficient (Wildman–Crippen LogP) is 6.69. The fourth-order valence-corrected chi connectivity index (χ4v) is 3.64. The summed E-state index contributed by atoms with van der Waals surface area (Å²) in [5, 5.41) is 3.70. The summed E-state index contributed by atoms with van der Waals surface area (Å²) in [7, 11) is 1.58. The zero-order valence-electron chi connectivity index (χ0n) is 18.6. The van der Waals surface area contributed by atoms with Crippen molar-refractivity contribution < 1.29 is 23.1 Å². The summed E-state index contributed by atoms with van der Waals surface area (Å²) in [6.45, 7) is 4.22. The van der Waals surface area contributed by atoms with Gasteiger partial charge < -0.3 is 19.2 Å². The van der Waals surface area contributed by atoms with E-state index in [2.05, 4.69) is 5.32 Å². The largest absolute Gasteiger partial charge is 0.497 e. The highest BCUT2D eigenvalue weighted by atomic mass is 19.1. The number of rotatable bonds is 7. The number of benzene rings is 3. The third kappa shape index (κ3) is 4.90. The highest BCUT2D eigenvalue weighted by Crippen LogP contribution is 2.37. The SMILES string of the molecule is CCOc1cc2occ(-c3ccc(F)cc3)c2cc1/C(C)=C/C(=O)Nc1cccc(OC)c1. The lowest BCUT2D eigenvalue weighted by atomic mass is 9.99. The number of amides is 1. The van der Waals surface area contributed by atoms with E-state index in [4.69, 9.17) is 13.9 Å². The van der Waals surface area contributed by atoms with E-state index in [9.17, 15) is 9.18 Å². The van der Waals surface area contributed by atoms with Crippen LogP contribution in [-0.4, -0.2) is 19.6 Å². The molecule has 0 unspecified atom stereocenters. The van der Waals surface area contributed by atoms with Crippen molar-refractivity contribution in [3.63, 3.8) is 0 Å². The second-order valence-corrected chi connectivity index (χ2v) is 7.48. The number of carbonyl (C=O) groups is 1. The lowest BCUT2D eigenvalue weighted by molar-refractivity contribution is -0.111. The summed E-state index contributed by atoms with van der Waals surface area (Å²) < 4.78 is 30.2. The first kappa shape index (κ1) is 22.1. The molecule has 6 heteroatoms. The van der Waals surface area contributed by atoms with Gasteiger partial charge in [0.1, 0.15) is 22.9 Å². The first-order chi connectivity index (χ1) is 16.0. The Morgan fingerprint density at radius 2 is 1.91 bits per heavy atom. The number of hydrogen-bond donors (Lipinski definition) is 1. The number of anilines is 1. The number of halogens is 1. The van der Waals surface area contributed by atoms with Crippen LogP contribution in [0.5, 0.6) is 11.5 Å². The van der Waals surface area contributed by atoms with Crippen molar-refractivity contribution in [1.29, 1.82) is 0 Å². The Morgan fingerprint density at radius 3 is 2.64 bits per heavy atom. The van der Waals surface area contributed by atoms with E-state index in [1.807, 2.05) is 38.1 Å². The topological polar surface area (TPSA) is 60.7 Å². The molecule has 0 saturated carbocycles. The average Bonchev–Trinajstić information content (AvgIpc) is 3.22. The standard InChI is InChI=1S/C27H24FNO4/c1-4-32-25-15-26-23(24(16-33-26)18-8-10-19(28)11-9-18)14-22(25)17(2)12-27(30)29-20-6-5-7-21(13-20)31-3/h5-16H,4H2,1-3H3,(H,29,30)/b17-12+. The molecule has 4 rings (SSSR count). The number of fused-ring (bicyclic) bond motifs is 1. The van der Waals surface area contributed by atoms with Gasteiger partial charge in [0.2, 0.25) is 5.91 Å². The molecule has 33 heavy (non-hydrogen) atoms. The van der Waals surface area contributed by atoms with Gasteiger partial charge in [0.25, 0.3) is 0 Å². The summed E-state index contributed by atoms with van der Waals surface area (Å²) in [5.74, 6) is 0.708. The Bertz CT molecular complexity index is 1320. The van der Waals surface area contributed by atoms with Crippen LogP contribution in [-0.2, 0) is 4.79 Å². The van der Waals surface area contributed by atoms with Crippen molar-refractivity contribution in [2.24, 2.45) is 0 Å². The zero-order chi connectivity index (χ0) is 23.4. The molecule has 0 bridgehead atoms. The van der Waals surface area contributed by atoms with Crippen LogP contribution in [0.4, 0.5) is 10.1 Å². The maximum atomic E-state index is 13.4. The van der Waals surface area contributed by atoms with E-state index in [0.717, 1.165) is 27.6 Å². The first-order valence-corrected chi connectivity index (χ1v) is 10.6. The number of allylic oxidation sites excluding steroid dienone is 1. The van der Waals surface area contributed by atoms with Gasteiger partial charge >= 0.3 is 0 Å². The van der Waals surface area contributed by atoms with Crippen molar-refractivity contribution in [2.75, 3.05) is 19.0 Å². The summed E-state index contributed by atoms with van der Waals surface area (Å²) in [6.07, 6.45) is 3.17. The van der Waals surface area contributed by atoms with Crippen LogP contribution in [0.2, 0.25) is 0 Å². The van der Waals surface area contributed by atoms with Crippen molar-refractivity contribution in [3.8, 4) is 22.6 Å². The maximum absolute atomic E-state index is 13.4. The molecule has 0 aliphatic carbocycles. The van der Waals surface area contributed by atoms with Crippen LogP contribution in [0.1, 0.15) is 19.4 Å². The number of methoxy groups -OCH3 is 1. The molecule has 1 aromatic heterocycles. The molecule has 0 fully saturated rings. The fourth-order valence-electron chi connectivity index (χ4n) is 3.64. The Hall–Kier alpha value is -4.06. The molecule has 0 radical (unpaired) electrons. The highest BCUT2D eigenvalue weighted by Gasteiger charge is 2.15. The van der Waals surface area contributed by atoms with Crippen molar-refractivity contribution in [3.05, 3.63) is 84.4 Å². The second-order valence-electron chi connectivity index (χ2n) is 7.48. The van der Waals surface area contributed by atoms with Gasteiger partial charge in [-0.1, -0.05) is 18.2 Å². The van der Waals surface area contributed by atoms with Crippen LogP contribution in [0, 0.1) is 5.82 Å². The Kier molecular flexibility index (Phi) is 6.45. The maximum Gasteiger partial charge on any atom is 0.248 e. The van der Waals surface area contributed by atoms with Crippen molar-refractivity contribution in [1.82, 2.24) is 0 Å². The van der Waals surface area contributed by atoms with E-state index in [0.29, 0.717) is 29.4 Å². The number of ether oxygens (including phenoxy) is 2. The quantitative estimate of drug-likeness (QED) is 0.322. The minimum Gasteiger partial charge on any atom is -0.497 e. The molecule has 3 aromatic carbocycles. The lowest BCUT2D eigenvalue weighted by Crippen LogP contribution is -2.08. The molecule has 4 aromatic rings. The summed E-state index contributed by atoms with van der Waals surface area (Å²) >= 11 is 0. The van der Waals surface area contributed by atoms with Gasteiger partial charge in [0.05, 0.1) is 20.0 Å². The van der Waals surface area contributed by atoms with Gasteiger partial charge in [-0.2, -0.15) is 0 Å². The number of furan rings is 1. The van der Waals surface area contributed by atoms with Gasteiger partial charge in [-0.3, -0.25) is 4.79 Å². The normalized spacial score (nSPS) is 11.5. The number of carbonyl (C=O) groups excluding carboxylic acids is 1.